The zero-order valence-corrected chi connectivity index (χ0v) is 11.2. The zero-order valence-electron chi connectivity index (χ0n) is 11.2. The lowest BCUT2D eigenvalue weighted by Crippen LogP contribution is -2.22. The first kappa shape index (κ1) is 12.7. The Morgan fingerprint density at radius 3 is 2.24 bits per heavy atom. The van der Waals surface area contributed by atoms with E-state index in [1.165, 1.54) is 50.5 Å². The molecule has 1 aromatic rings. The zero-order chi connectivity index (χ0) is 12.3. The Balaban J connectivity index is 2.06. The van der Waals surface area contributed by atoms with Crippen LogP contribution in [-0.2, 0) is 0 Å². The highest BCUT2D eigenvalue weighted by Crippen LogP contribution is 2.33. The standard InChI is InChI=1S/C15H25NO/c1-11-10-14(12(2)17-11)15(16)13-8-6-4-3-5-7-9-13/h10,13,15H,3-9,16H2,1-2H3. The molecular weight excluding hydrogens is 210 g/mol. The molecule has 17 heavy (non-hydrogen) atoms. The minimum absolute atomic E-state index is 0.172. The summed E-state index contributed by atoms with van der Waals surface area (Å²) >= 11 is 0. The topological polar surface area (TPSA) is 39.2 Å². The van der Waals surface area contributed by atoms with Gasteiger partial charge in [0.1, 0.15) is 11.5 Å². The number of aryl methyl sites for hydroxylation is 2. The average molecular weight is 235 g/mol. The molecule has 96 valence electrons. The van der Waals surface area contributed by atoms with Gasteiger partial charge in [-0.05, 0) is 38.7 Å². The van der Waals surface area contributed by atoms with Gasteiger partial charge in [-0.2, -0.15) is 0 Å². The summed E-state index contributed by atoms with van der Waals surface area (Å²) < 4.78 is 5.60. The minimum Gasteiger partial charge on any atom is -0.466 e. The first-order valence-corrected chi connectivity index (χ1v) is 7.01. The molecule has 2 heteroatoms. The van der Waals surface area contributed by atoms with E-state index in [1.54, 1.807) is 0 Å². The van der Waals surface area contributed by atoms with E-state index in [0.717, 1.165) is 11.5 Å². The predicted molar refractivity (Wildman–Crippen MR) is 70.9 cm³/mol. The number of furan rings is 1. The normalized spacial score (nSPS) is 20.9. The van der Waals surface area contributed by atoms with E-state index in [0.29, 0.717) is 5.92 Å². The van der Waals surface area contributed by atoms with Crippen molar-refractivity contribution in [3.63, 3.8) is 0 Å². The third-order valence-electron chi connectivity index (χ3n) is 4.10. The molecule has 1 aromatic heterocycles. The SMILES string of the molecule is Cc1cc(C(N)C2CCCCCCC2)c(C)o1. The van der Waals surface area contributed by atoms with E-state index in [9.17, 15) is 0 Å². The molecular formula is C15H25NO. The van der Waals surface area contributed by atoms with Crippen molar-refractivity contribution in [2.24, 2.45) is 11.7 Å². The fourth-order valence-electron chi connectivity index (χ4n) is 3.08. The fraction of sp³-hybridized carbons (Fsp3) is 0.733. The van der Waals surface area contributed by atoms with Crippen LogP contribution in [0.2, 0.25) is 0 Å². The molecule has 2 nitrogen and oxygen atoms in total. The Morgan fingerprint density at radius 2 is 1.71 bits per heavy atom. The molecule has 1 atom stereocenters. The van der Waals surface area contributed by atoms with Gasteiger partial charge in [0.05, 0.1) is 0 Å². The number of hydrogen-bond donors (Lipinski definition) is 1. The maximum absolute atomic E-state index is 6.44. The predicted octanol–water partition coefficient (Wildman–Crippen LogP) is 4.26. The maximum atomic E-state index is 6.44. The molecule has 1 heterocycles. The van der Waals surface area contributed by atoms with Gasteiger partial charge in [-0.3, -0.25) is 0 Å². The van der Waals surface area contributed by atoms with Crippen LogP contribution in [0.5, 0.6) is 0 Å². The molecule has 1 fully saturated rings. The van der Waals surface area contributed by atoms with Crippen molar-refractivity contribution in [3.05, 3.63) is 23.2 Å². The van der Waals surface area contributed by atoms with E-state index in [1.807, 2.05) is 13.8 Å². The van der Waals surface area contributed by atoms with Crippen molar-refractivity contribution >= 4 is 0 Å². The Hall–Kier alpha value is -0.760. The molecule has 0 saturated heterocycles. The van der Waals surface area contributed by atoms with Crippen LogP contribution in [0.1, 0.15) is 68.1 Å². The van der Waals surface area contributed by atoms with E-state index in [2.05, 4.69) is 6.07 Å². The number of nitrogens with two attached hydrogens (primary N) is 1. The van der Waals surface area contributed by atoms with Gasteiger partial charge in [0.2, 0.25) is 0 Å². The molecule has 2 rings (SSSR count). The van der Waals surface area contributed by atoms with E-state index < -0.39 is 0 Å². The molecule has 1 aliphatic rings. The van der Waals surface area contributed by atoms with Crippen molar-refractivity contribution in [1.82, 2.24) is 0 Å². The Bertz CT molecular complexity index is 348. The van der Waals surface area contributed by atoms with Crippen LogP contribution in [0.3, 0.4) is 0 Å². The van der Waals surface area contributed by atoms with Gasteiger partial charge in [0, 0.05) is 11.6 Å². The first-order chi connectivity index (χ1) is 8.18. The third kappa shape index (κ3) is 3.12. The molecule has 0 aromatic carbocycles. The van der Waals surface area contributed by atoms with Crippen LogP contribution in [0, 0.1) is 19.8 Å². The van der Waals surface area contributed by atoms with Gasteiger partial charge in [0.25, 0.3) is 0 Å². The highest BCUT2D eigenvalue weighted by atomic mass is 16.3. The minimum atomic E-state index is 0.172. The summed E-state index contributed by atoms with van der Waals surface area (Å²) in [4.78, 5) is 0. The second-order valence-corrected chi connectivity index (χ2v) is 5.50. The highest BCUT2D eigenvalue weighted by molar-refractivity contribution is 5.24. The lowest BCUT2D eigenvalue weighted by Gasteiger charge is -2.25. The second-order valence-electron chi connectivity index (χ2n) is 5.50. The van der Waals surface area contributed by atoms with Gasteiger partial charge in [-0.25, -0.2) is 0 Å². The van der Waals surface area contributed by atoms with Crippen LogP contribution in [0.4, 0.5) is 0 Å². The maximum Gasteiger partial charge on any atom is 0.105 e. The number of rotatable bonds is 2. The summed E-state index contributed by atoms with van der Waals surface area (Å²) in [6.45, 7) is 4.03. The van der Waals surface area contributed by atoms with Crippen LogP contribution < -0.4 is 5.73 Å². The molecule has 0 spiro atoms. The Morgan fingerprint density at radius 1 is 1.12 bits per heavy atom. The van der Waals surface area contributed by atoms with Crippen molar-refractivity contribution < 1.29 is 4.42 Å². The van der Waals surface area contributed by atoms with Crippen molar-refractivity contribution in [2.45, 2.75) is 64.8 Å². The quantitative estimate of drug-likeness (QED) is 0.832. The molecule has 1 saturated carbocycles. The van der Waals surface area contributed by atoms with Gasteiger partial charge in [-0.15, -0.1) is 0 Å². The van der Waals surface area contributed by atoms with Gasteiger partial charge < -0.3 is 10.2 Å². The monoisotopic (exact) mass is 235 g/mol. The molecule has 0 amide bonds. The summed E-state index contributed by atoms with van der Waals surface area (Å²) in [6, 6.07) is 2.30. The summed E-state index contributed by atoms with van der Waals surface area (Å²) in [5.41, 5.74) is 7.67. The Labute approximate surface area is 105 Å². The van der Waals surface area contributed by atoms with Crippen LogP contribution in [-0.4, -0.2) is 0 Å². The average Bonchev–Trinajstić information content (AvgIpc) is 2.56. The number of hydrogen-bond acceptors (Lipinski definition) is 2. The first-order valence-electron chi connectivity index (χ1n) is 7.01. The van der Waals surface area contributed by atoms with E-state index in [-0.39, 0.29) is 6.04 Å². The molecule has 0 bridgehead atoms. The molecule has 1 aliphatic carbocycles. The van der Waals surface area contributed by atoms with Gasteiger partial charge in [0.15, 0.2) is 0 Å². The van der Waals surface area contributed by atoms with Crippen LogP contribution in [0.25, 0.3) is 0 Å². The fourth-order valence-corrected chi connectivity index (χ4v) is 3.08. The third-order valence-corrected chi connectivity index (χ3v) is 4.10. The second kappa shape index (κ2) is 5.72. The largest absolute Gasteiger partial charge is 0.466 e. The van der Waals surface area contributed by atoms with E-state index >= 15 is 0 Å². The lowest BCUT2D eigenvalue weighted by atomic mass is 9.83. The summed E-state index contributed by atoms with van der Waals surface area (Å²) in [7, 11) is 0. The smallest absolute Gasteiger partial charge is 0.105 e. The summed E-state index contributed by atoms with van der Waals surface area (Å²) in [6.07, 6.45) is 9.42. The van der Waals surface area contributed by atoms with Crippen LogP contribution >= 0.6 is 0 Å². The van der Waals surface area contributed by atoms with E-state index in [4.69, 9.17) is 10.2 Å². The molecule has 0 aliphatic heterocycles. The van der Waals surface area contributed by atoms with Crippen molar-refractivity contribution in [3.8, 4) is 0 Å². The van der Waals surface area contributed by atoms with Gasteiger partial charge >= 0.3 is 0 Å². The lowest BCUT2D eigenvalue weighted by molar-refractivity contribution is 0.325. The molecule has 0 radical (unpaired) electrons. The summed E-state index contributed by atoms with van der Waals surface area (Å²) in [5.74, 6) is 2.64. The van der Waals surface area contributed by atoms with Crippen molar-refractivity contribution in [1.29, 1.82) is 0 Å². The highest BCUT2D eigenvalue weighted by Gasteiger charge is 2.23. The van der Waals surface area contributed by atoms with Crippen LogP contribution in [0.15, 0.2) is 10.5 Å². The van der Waals surface area contributed by atoms with Crippen molar-refractivity contribution in [2.75, 3.05) is 0 Å². The summed E-state index contributed by atoms with van der Waals surface area (Å²) in [5, 5.41) is 0. The molecule has 2 N–H and O–H groups in total. The Kier molecular flexibility index (Phi) is 4.27. The molecule has 1 unspecified atom stereocenters. The van der Waals surface area contributed by atoms with Gasteiger partial charge in [-0.1, -0.05) is 32.1 Å².